The molecule has 126 valence electrons. The molecule has 6 nitrogen and oxygen atoms in total. The van der Waals surface area contributed by atoms with Crippen LogP contribution < -0.4 is 0 Å². The van der Waals surface area contributed by atoms with Crippen molar-refractivity contribution in [2.24, 2.45) is 0 Å². The highest BCUT2D eigenvalue weighted by Crippen LogP contribution is 2.22. The van der Waals surface area contributed by atoms with Crippen LogP contribution in [-0.4, -0.2) is 50.7 Å². The molecule has 6 heteroatoms. The van der Waals surface area contributed by atoms with E-state index in [1.807, 2.05) is 24.3 Å². The van der Waals surface area contributed by atoms with E-state index in [4.69, 9.17) is 0 Å². The van der Waals surface area contributed by atoms with E-state index < -0.39 is 0 Å². The van der Waals surface area contributed by atoms with Crippen molar-refractivity contribution >= 4 is 16.7 Å². The van der Waals surface area contributed by atoms with Crippen molar-refractivity contribution in [1.29, 1.82) is 0 Å². The molecule has 0 amide bonds. The van der Waals surface area contributed by atoms with Crippen LogP contribution in [0.5, 0.6) is 0 Å². The first-order valence-electron chi connectivity index (χ1n) is 8.55. The van der Waals surface area contributed by atoms with Crippen molar-refractivity contribution < 1.29 is 4.79 Å². The molecule has 0 atom stereocenters. The van der Waals surface area contributed by atoms with Crippen molar-refractivity contribution in [2.45, 2.75) is 19.3 Å². The second-order valence-electron chi connectivity index (χ2n) is 6.44. The van der Waals surface area contributed by atoms with Crippen LogP contribution in [0.3, 0.4) is 0 Å². The molecule has 0 aliphatic carbocycles. The van der Waals surface area contributed by atoms with Crippen LogP contribution >= 0.6 is 0 Å². The zero-order chi connectivity index (χ0) is 17.1. The number of fused-ring (bicyclic) bond motifs is 1. The molecule has 2 aromatic heterocycles. The van der Waals surface area contributed by atoms with Crippen LogP contribution in [0.2, 0.25) is 0 Å². The standard InChI is InChI=1S/C19H19N5O/c25-18(13-24-7-1-2-8-24)11-17-10-16-9-14(3-4-19(16)23-22-17)15-5-6-20-21-12-15/h3-6,9-10,12H,1-2,7-8,11,13H2. The third kappa shape index (κ3) is 3.69. The zero-order valence-corrected chi connectivity index (χ0v) is 13.9. The Balaban J connectivity index is 1.55. The lowest BCUT2D eigenvalue weighted by atomic mass is 10.0. The third-order valence-corrected chi connectivity index (χ3v) is 4.53. The Bertz CT molecular complexity index is 891. The van der Waals surface area contributed by atoms with Gasteiger partial charge in [0.05, 0.1) is 36.6 Å². The lowest BCUT2D eigenvalue weighted by Gasteiger charge is -2.12. The molecule has 0 spiro atoms. The predicted molar refractivity (Wildman–Crippen MR) is 94.9 cm³/mol. The van der Waals surface area contributed by atoms with Gasteiger partial charge in [-0.15, -0.1) is 0 Å². The van der Waals surface area contributed by atoms with Crippen molar-refractivity contribution in [3.05, 3.63) is 48.4 Å². The van der Waals surface area contributed by atoms with Gasteiger partial charge in [0.1, 0.15) is 0 Å². The molecule has 1 aliphatic heterocycles. The number of carbonyl (C=O) groups excluding carboxylic acids is 1. The first-order valence-corrected chi connectivity index (χ1v) is 8.55. The van der Waals surface area contributed by atoms with Crippen molar-refractivity contribution in [1.82, 2.24) is 25.3 Å². The van der Waals surface area contributed by atoms with E-state index >= 15 is 0 Å². The molecule has 0 bridgehead atoms. The summed E-state index contributed by atoms with van der Waals surface area (Å²) in [7, 11) is 0. The Morgan fingerprint density at radius 2 is 1.88 bits per heavy atom. The lowest BCUT2D eigenvalue weighted by Crippen LogP contribution is -2.28. The van der Waals surface area contributed by atoms with Gasteiger partial charge in [-0.25, -0.2) is 0 Å². The highest BCUT2D eigenvalue weighted by atomic mass is 16.1. The summed E-state index contributed by atoms with van der Waals surface area (Å²) in [6, 6.07) is 9.86. The van der Waals surface area contributed by atoms with Gasteiger partial charge in [-0.05, 0) is 55.8 Å². The molecule has 0 radical (unpaired) electrons. The van der Waals surface area contributed by atoms with Crippen LogP contribution in [0.25, 0.3) is 22.0 Å². The molecule has 0 unspecified atom stereocenters. The molecule has 4 rings (SSSR count). The molecular weight excluding hydrogens is 314 g/mol. The third-order valence-electron chi connectivity index (χ3n) is 4.53. The number of nitrogens with zero attached hydrogens (tertiary/aromatic N) is 5. The number of hydrogen-bond donors (Lipinski definition) is 0. The highest BCUT2D eigenvalue weighted by Gasteiger charge is 2.16. The van der Waals surface area contributed by atoms with Gasteiger partial charge >= 0.3 is 0 Å². The maximum Gasteiger partial charge on any atom is 0.152 e. The fourth-order valence-electron chi connectivity index (χ4n) is 3.26. The Hall–Kier alpha value is -2.73. The number of hydrogen-bond acceptors (Lipinski definition) is 6. The maximum atomic E-state index is 12.3. The van der Waals surface area contributed by atoms with E-state index in [0.717, 1.165) is 40.8 Å². The van der Waals surface area contributed by atoms with E-state index in [2.05, 4.69) is 31.4 Å². The molecule has 0 saturated carbocycles. The number of carbonyl (C=O) groups is 1. The first kappa shape index (κ1) is 15.8. The number of aromatic nitrogens is 4. The van der Waals surface area contributed by atoms with Gasteiger partial charge in [0.25, 0.3) is 0 Å². The van der Waals surface area contributed by atoms with Crippen LogP contribution in [0.4, 0.5) is 0 Å². The SMILES string of the molecule is O=C(Cc1cc2cc(-c3ccnnc3)ccc2nn1)CN1CCCC1. The van der Waals surface area contributed by atoms with E-state index in [1.165, 1.54) is 12.8 Å². The van der Waals surface area contributed by atoms with Gasteiger partial charge in [-0.2, -0.15) is 20.4 Å². The molecule has 0 N–H and O–H groups in total. The minimum Gasteiger partial charge on any atom is -0.298 e. The van der Waals surface area contributed by atoms with E-state index in [9.17, 15) is 4.79 Å². The highest BCUT2D eigenvalue weighted by molar-refractivity contribution is 5.86. The fourth-order valence-corrected chi connectivity index (χ4v) is 3.26. The molecule has 1 aliphatic rings. The topological polar surface area (TPSA) is 71.9 Å². The zero-order valence-electron chi connectivity index (χ0n) is 13.9. The molecule has 25 heavy (non-hydrogen) atoms. The summed E-state index contributed by atoms with van der Waals surface area (Å²) >= 11 is 0. The van der Waals surface area contributed by atoms with Gasteiger partial charge in [0.15, 0.2) is 5.78 Å². The van der Waals surface area contributed by atoms with E-state index in [1.54, 1.807) is 12.4 Å². The monoisotopic (exact) mass is 333 g/mol. The number of likely N-dealkylation sites (tertiary alicyclic amines) is 1. The molecule has 3 aromatic rings. The summed E-state index contributed by atoms with van der Waals surface area (Å²) in [4.78, 5) is 14.5. The average Bonchev–Trinajstić information content (AvgIpc) is 3.14. The van der Waals surface area contributed by atoms with Crippen LogP contribution in [-0.2, 0) is 11.2 Å². The van der Waals surface area contributed by atoms with Gasteiger partial charge in [-0.1, -0.05) is 6.07 Å². The normalized spacial score (nSPS) is 14.9. The smallest absolute Gasteiger partial charge is 0.152 e. The maximum absolute atomic E-state index is 12.3. The van der Waals surface area contributed by atoms with Crippen LogP contribution in [0.1, 0.15) is 18.5 Å². The van der Waals surface area contributed by atoms with Gasteiger partial charge in [-0.3, -0.25) is 9.69 Å². The largest absolute Gasteiger partial charge is 0.298 e. The Morgan fingerprint density at radius 3 is 2.68 bits per heavy atom. The molecule has 1 aromatic carbocycles. The molecule has 1 fully saturated rings. The summed E-state index contributed by atoms with van der Waals surface area (Å²) < 4.78 is 0. The average molecular weight is 333 g/mol. The van der Waals surface area contributed by atoms with E-state index in [-0.39, 0.29) is 5.78 Å². The Kier molecular flexibility index (Phi) is 4.43. The quantitative estimate of drug-likeness (QED) is 0.713. The van der Waals surface area contributed by atoms with Crippen molar-refractivity contribution in [3.63, 3.8) is 0 Å². The van der Waals surface area contributed by atoms with Crippen molar-refractivity contribution in [2.75, 3.05) is 19.6 Å². The minimum atomic E-state index is 0.199. The summed E-state index contributed by atoms with van der Waals surface area (Å²) in [6.07, 6.45) is 6.12. The second kappa shape index (κ2) is 7.03. The summed E-state index contributed by atoms with van der Waals surface area (Å²) in [5.41, 5.74) is 3.59. The summed E-state index contributed by atoms with van der Waals surface area (Å²) in [5, 5.41) is 17.2. The molecule has 1 saturated heterocycles. The number of ketones is 1. The first-order chi connectivity index (χ1) is 12.3. The van der Waals surface area contributed by atoms with Crippen molar-refractivity contribution in [3.8, 4) is 11.1 Å². The lowest BCUT2D eigenvalue weighted by molar-refractivity contribution is -0.119. The Labute approximate surface area is 145 Å². The van der Waals surface area contributed by atoms with Gasteiger partial charge < -0.3 is 0 Å². The second-order valence-corrected chi connectivity index (χ2v) is 6.44. The van der Waals surface area contributed by atoms with Gasteiger partial charge in [0.2, 0.25) is 0 Å². The van der Waals surface area contributed by atoms with Crippen LogP contribution in [0, 0.1) is 0 Å². The van der Waals surface area contributed by atoms with Crippen LogP contribution in [0.15, 0.2) is 42.7 Å². The number of benzene rings is 1. The molecular formula is C19H19N5O. The fraction of sp³-hybridized carbons (Fsp3) is 0.316. The Morgan fingerprint density at radius 1 is 1.00 bits per heavy atom. The molecule has 3 heterocycles. The van der Waals surface area contributed by atoms with E-state index in [0.29, 0.717) is 13.0 Å². The van der Waals surface area contributed by atoms with Gasteiger partial charge in [0, 0.05) is 10.9 Å². The number of rotatable bonds is 5. The predicted octanol–water partition coefficient (Wildman–Crippen LogP) is 2.29. The summed E-state index contributed by atoms with van der Waals surface area (Å²) in [5.74, 6) is 0.199. The summed E-state index contributed by atoms with van der Waals surface area (Å²) in [6.45, 7) is 2.57. The minimum absolute atomic E-state index is 0.199. The number of Topliss-reactive ketones (excluding diaryl/α,β-unsaturated/α-hetero) is 1.